The molecule has 27 heavy (non-hydrogen) atoms. The van der Waals surface area contributed by atoms with Gasteiger partial charge in [0.05, 0.1) is 29.9 Å². The molecule has 0 N–H and O–H groups in total. The number of sulfone groups is 1. The highest BCUT2D eigenvalue weighted by atomic mass is 32.2. The van der Waals surface area contributed by atoms with Crippen molar-refractivity contribution in [2.45, 2.75) is 46.1 Å². The summed E-state index contributed by atoms with van der Waals surface area (Å²) in [6.07, 6.45) is 4.14. The first-order valence-electron chi connectivity index (χ1n) is 8.88. The van der Waals surface area contributed by atoms with Crippen molar-refractivity contribution in [2.24, 2.45) is 0 Å². The van der Waals surface area contributed by atoms with Gasteiger partial charge in [0.25, 0.3) is 0 Å². The van der Waals surface area contributed by atoms with E-state index in [4.69, 9.17) is 12.2 Å². The fourth-order valence-electron chi connectivity index (χ4n) is 3.53. The Labute approximate surface area is 165 Å². The fraction of sp³-hybridized carbons (Fsp3) is 0.588. The third-order valence-electron chi connectivity index (χ3n) is 4.96. The van der Waals surface area contributed by atoms with Crippen molar-refractivity contribution in [1.29, 1.82) is 0 Å². The molecule has 3 rings (SSSR count). The average molecular weight is 411 g/mol. The van der Waals surface area contributed by atoms with Crippen LogP contribution in [-0.4, -0.2) is 56.0 Å². The van der Waals surface area contributed by atoms with E-state index in [0.717, 1.165) is 17.0 Å². The standard InChI is InChI=1S/C17H26N6O2S2/c1-5-7-21-11-18-22(17(21)26)12-20(4)9-16-13(2)19-23(14(16)3)15-6-8-27(24,25)10-15/h5,11,15H,1,6-10,12H2,2-4H3/t15-/m1/s1. The Morgan fingerprint density at radius 3 is 2.81 bits per heavy atom. The largest absolute Gasteiger partial charge is 0.303 e. The monoisotopic (exact) mass is 410 g/mol. The van der Waals surface area contributed by atoms with Crippen molar-refractivity contribution in [3.05, 3.63) is 40.7 Å². The normalized spacial score (nSPS) is 19.0. The minimum absolute atomic E-state index is 0.0593. The molecule has 0 bridgehead atoms. The zero-order valence-corrected chi connectivity index (χ0v) is 17.6. The number of nitrogens with zero attached hydrogens (tertiary/aromatic N) is 6. The lowest BCUT2D eigenvalue weighted by Gasteiger charge is -2.17. The van der Waals surface area contributed by atoms with Gasteiger partial charge >= 0.3 is 0 Å². The summed E-state index contributed by atoms with van der Waals surface area (Å²) in [6, 6.07) is -0.0593. The van der Waals surface area contributed by atoms with Crippen LogP contribution in [0.15, 0.2) is 19.0 Å². The van der Waals surface area contributed by atoms with Crippen molar-refractivity contribution in [2.75, 3.05) is 18.6 Å². The average Bonchev–Trinajstić information content (AvgIpc) is 3.21. The van der Waals surface area contributed by atoms with Crippen LogP contribution >= 0.6 is 12.2 Å². The SMILES string of the molecule is C=CCn1cnn(CN(C)Cc2c(C)nn([C@@H]3CCS(=O)(=O)C3)c2C)c1=S. The van der Waals surface area contributed by atoms with Crippen LogP contribution in [0, 0.1) is 18.6 Å². The van der Waals surface area contributed by atoms with Crippen LogP contribution in [0.3, 0.4) is 0 Å². The maximum absolute atomic E-state index is 11.8. The highest BCUT2D eigenvalue weighted by Gasteiger charge is 2.31. The first kappa shape index (κ1) is 20.0. The Hall–Kier alpha value is -1.78. The fourth-order valence-corrected chi connectivity index (χ4v) is 5.45. The van der Waals surface area contributed by atoms with Gasteiger partial charge in [-0.1, -0.05) is 6.08 Å². The van der Waals surface area contributed by atoms with Crippen LogP contribution in [0.4, 0.5) is 0 Å². The van der Waals surface area contributed by atoms with E-state index >= 15 is 0 Å². The zero-order chi connectivity index (χ0) is 19.8. The Bertz CT molecular complexity index is 1000. The molecular weight excluding hydrogens is 384 g/mol. The lowest BCUT2D eigenvalue weighted by Crippen LogP contribution is -2.23. The molecule has 3 heterocycles. The molecule has 0 radical (unpaired) electrons. The first-order valence-corrected chi connectivity index (χ1v) is 11.1. The molecule has 8 nitrogen and oxygen atoms in total. The Morgan fingerprint density at radius 2 is 2.19 bits per heavy atom. The lowest BCUT2D eigenvalue weighted by molar-refractivity contribution is 0.242. The van der Waals surface area contributed by atoms with Crippen molar-refractivity contribution < 1.29 is 8.42 Å². The predicted molar refractivity (Wildman–Crippen MR) is 107 cm³/mol. The summed E-state index contributed by atoms with van der Waals surface area (Å²) in [4.78, 5) is 2.12. The zero-order valence-electron chi connectivity index (χ0n) is 16.0. The molecule has 0 saturated carbocycles. The van der Waals surface area contributed by atoms with Crippen molar-refractivity contribution in [3.63, 3.8) is 0 Å². The van der Waals surface area contributed by atoms with E-state index in [1.165, 1.54) is 0 Å². The molecule has 0 unspecified atom stereocenters. The summed E-state index contributed by atoms with van der Waals surface area (Å²) < 4.78 is 29.8. The van der Waals surface area contributed by atoms with Crippen molar-refractivity contribution in [3.8, 4) is 0 Å². The van der Waals surface area contributed by atoms with Crippen molar-refractivity contribution >= 4 is 22.1 Å². The first-order chi connectivity index (χ1) is 12.7. The molecule has 1 aliphatic rings. The van der Waals surface area contributed by atoms with E-state index in [2.05, 4.69) is 21.7 Å². The molecule has 0 spiro atoms. The number of hydrogen-bond donors (Lipinski definition) is 0. The highest BCUT2D eigenvalue weighted by molar-refractivity contribution is 7.91. The second-order valence-electron chi connectivity index (χ2n) is 7.16. The van der Waals surface area contributed by atoms with E-state index in [1.807, 2.05) is 30.1 Å². The second-order valence-corrected chi connectivity index (χ2v) is 9.75. The maximum atomic E-state index is 11.8. The molecule has 0 aromatic carbocycles. The van der Waals surface area contributed by atoms with Crippen LogP contribution in [0.25, 0.3) is 0 Å². The molecule has 1 saturated heterocycles. The number of aryl methyl sites for hydroxylation is 1. The van der Waals surface area contributed by atoms with E-state index < -0.39 is 9.84 Å². The van der Waals surface area contributed by atoms with Gasteiger partial charge in [-0.15, -0.1) is 6.58 Å². The minimum Gasteiger partial charge on any atom is -0.303 e. The third-order valence-corrected chi connectivity index (χ3v) is 7.15. The van der Waals surface area contributed by atoms with Gasteiger partial charge in [0, 0.05) is 24.3 Å². The molecule has 1 aliphatic heterocycles. The second kappa shape index (κ2) is 7.69. The summed E-state index contributed by atoms with van der Waals surface area (Å²) >= 11 is 5.44. The van der Waals surface area contributed by atoms with E-state index in [0.29, 0.717) is 31.0 Å². The number of hydrogen-bond acceptors (Lipinski definition) is 6. The van der Waals surface area contributed by atoms with Crippen LogP contribution < -0.4 is 0 Å². The van der Waals surface area contributed by atoms with Gasteiger partial charge in [-0.3, -0.25) is 9.58 Å². The Kier molecular flexibility index (Phi) is 5.68. The number of rotatable bonds is 7. The Morgan fingerprint density at radius 1 is 1.44 bits per heavy atom. The van der Waals surface area contributed by atoms with E-state index in [1.54, 1.807) is 17.1 Å². The van der Waals surface area contributed by atoms with Gasteiger partial charge in [0.2, 0.25) is 0 Å². The molecule has 148 valence electrons. The van der Waals surface area contributed by atoms with Gasteiger partial charge in [-0.05, 0) is 39.5 Å². The molecule has 10 heteroatoms. The van der Waals surface area contributed by atoms with Crippen LogP contribution in [0.1, 0.15) is 29.4 Å². The number of aromatic nitrogens is 5. The van der Waals surface area contributed by atoms with Gasteiger partial charge in [0.15, 0.2) is 14.6 Å². The predicted octanol–water partition coefficient (Wildman–Crippen LogP) is 1.86. The maximum Gasteiger partial charge on any atom is 0.199 e. The Balaban J connectivity index is 1.74. The highest BCUT2D eigenvalue weighted by Crippen LogP contribution is 2.27. The van der Waals surface area contributed by atoms with Gasteiger partial charge < -0.3 is 4.57 Å². The molecule has 1 fully saturated rings. The lowest BCUT2D eigenvalue weighted by atomic mass is 10.2. The molecule has 0 amide bonds. The molecule has 0 aliphatic carbocycles. The molecular formula is C17H26N6O2S2. The van der Waals surface area contributed by atoms with Gasteiger partial charge in [0.1, 0.15) is 6.33 Å². The topological polar surface area (TPSA) is 78.0 Å². The third kappa shape index (κ3) is 4.22. The molecule has 2 aromatic heterocycles. The summed E-state index contributed by atoms with van der Waals surface area (Å²) in [5.74, 6) is 0.428. The van der Waals surface area contributed by atoms with Gasteiger partial charge in [-0.2, -0.15) is 10.2 Å². The summed E-state index contributed by atoms with van der Waals surface area (Å²) in [7, 11) is -0.934. The molecule has 1 atom stereocenters. The van der Waals surface area contributed by atoms with Crippen LogP contribution in [0.2, 0.25) is 0 Å². The smallest absolute Gasteiger partial charge is 0.199 e. The quantitative estimate of drug-likeness (QED) is 0.512. The summed E-state index contributed by atoms with van der Waals surface area (Å²) in [6.45, 7) is 9.60. The molecule has 2 aromatic rings. The van der Waals surface area contributed by atoms with Crippen LogP contribution in [-0.2, 0) is 29.6 Å². The summed E-state index contributed by atoms with van der Waals surface area (Å²) in [5, 5.41) is 8.97. The summed E-state index contributed by atoms with van der Waals surface area (Å²) in [5.41, 5.74) is 3.09. The van der Waals surface area contributed by atoms with Gasteiger partial charge in [-0.25, -0.2) is 13.1 Å². The van der Waals surface area contributed by atoms with Crippen LogP contribution in [0.5, 0.6) is 0 Å². The van der Waals surface area contributed by atoms with E-state index in [-0.39, 0.29) is 17.5 Å². The minimum atomic E-state index is -2.94. The number of allylic oxidation sites excluding steroid dienone is 1. The van der Waals surface area contributed by atoms with E-state index in [9.17, 15) is 8.42 Å². The van der Waals surface area contributed by atoms with Crippen molar-refractivity contribution in [1.82, 2.24) is 29.0 Å².